The van der Waals surface area contributed by atoms with Crippen molar-refractivity contribution >= 4 is 43.5 Å². The Labute approximate surface area is 240 Å². The minimum absolute atomic E-state index is 0.141. The highest BCUT2D eigenvalue weighted by Gasteiger charge is 2.34. The van der Waals surface area contributed by atoms with Gasteiger partial charge in [0.1, 0.15) is 12.6 Å². The van der Waals surface area contributed by atoms with E-state index in [1.165, 1.54) is 4.90 Å². The Hall–Kier alpha value is -3.17. The molecule has 3 aromatic rings. The van der Waals surface area contributed by atoms with Crippen molar-refractivity contribution < 1.29 is 18.0 Å². The van der Waals surface area contributed by atoms with E-state index in [1.807, 2.05) is 82.3 Å². The van der Waals surface area contributed by atoms with Crippen LogP contribution in [0.15, 0.2) is 83.3 Å². The van der Waals surface area contributed by atoms with Gasteiger partial charge in [0.15, 0.2) is 0 Å². The van der Waals surface area contributed by atoms with Gasteiger partial charge in [-0.25, -0.2) is 8.42 Å². The maximum atomic E-state index is 14.1. The van der Waals surface area contributed by atoms with E-state index in [9.17, 15) is 18.0 Å². The first-order valence-corrected chi connectivity index (χ1v) is 15.3. The quantitative estimate of drug-likeness (QED) is 0.345. The second-order valence-corrected chi connectivity index (χ2v) is 13.4. The van der Waals surface area contributed by atoms with E-state index in [0.29, 0.717) is 10.2 Å². The predicted molar refractivity (Wildman–Crippen MR) is 160 cm³/mol. The monoisotopic (exact) mass is 613 g/mol. The number of hydrogen-bond acceptors (Lipinski definition) is 4. The first-order valence-electron chi connectivity index (χ1n) is 12.7. The number of para-hydroxylation sites is 1. The molecule has 0 bridgehead atoms. The number of halogens is 1. The summed E-state index contributed by atoms with van der Waals surface area (Å²) in [7, 11) is -3.83. The molecule has 0 aliphatic rings. The third-order valence-electron chi connectivity index (χ3n) is 6.04. The predicted octanol–water partition coefficient (Wildman–Crippen LogP) is 5.08. The van der Waals surface area contributed by atoms with E-state index < -0.39 is 34.1 Å². The molecule has 0 heterocycles. The van der Waals surface area contributed by atoms with Crippen LogP contribution in [-0.2, 0) is 32.6 Å². The topological polar surface area (TPSA) is 86.8 Å². The fourth-order valence-corrected chi connectivity index (χ4v) is 5.62. The molecule has 9 heteroatoms. The van der Waals surface area contributed by atoms with Crippen molar-refractivity contribution in [3.63, 3.8) is 0 Å². The molecular formula is C30H36BrN3O4S. The van der Waals surface area contributed by atoms with Crippen LogP contribution in [0, 0.1) is 6.92 Å². The third kappa shape index (κ3) is 8.93. The second-order valence-electron chi connectivity index (χ2n) is 10.7. The molecule has 0 aliphatic carbocycles. The Bertz CT molecular complexity index is 1390. The molecule has 2 amide bonds. The highest BCUT2D eigenvalue weighted by atomic mass is 79.9. The lowest BCUT2D eigenvalue weighted by Gasteiger charge is -2.35. The zero-order valence-corrected chi connectivity index (χ0v) is 25.4. The van der Waals surface area contributed by atoms with E-state index in [0.717, 1.165) is 27.3 Å². The highest BCUT2D eigenvalue weighted by molar-refractivity contribution is 9.10. The maximum Gasteiger partial charge on any atom is 0.244 e. The minimum Gasteiger partial charge on any atom is -0.350 e. The summed E-state index contributed by atoms with van der Waals surface area (Å²) < 4.78 is 27.4. The number of hydrogen-bond donors (Lipinski definition) is 1. The molecule has 1 atom stereocenters. The summed E-state index contributed by atoms with van der Waals surface area (Å²) in [5.41, 5.74) is 2.61. The largest absolute Gasteiger partial charge is 0.350 e. The molecule has 7 nitrogen and oxygen atoms in total. The summed E-state index contributed by atoms with van der Waals surface area (Å²) in [6.07, 6.45) is 1.34. The molecule has 3 aromatic carbocycles. The number of rotatable bonds is 10. The normalized spacial score (nSPS) is 12.5. The van der Waals surface area contributed by atoms with Crippen molar-refractivity contribution in [2.75, 3.05) is 17.1 Å². The molecular weight excluding hydrogens is 578 g/mol. The van der Waals surface area contributed by atoms with Crippen LogP contribution in [-0.4, -0.2) is 49.5 Å². The van der Waals surface area contributed by atoms with Crippen LogP contribution < -0.4 is 9.62 Å². The summed E-state index contributed by atoms with van der Waals surface area (Å²) in [6.45, 7) is 7.31. The van der Waals surface area contributed by atoms with E-state index in [2.05, 4.69) is 21.2 Å². The van der Waals surface area contributed by atoms with E-state index in [1.54, 1.807) is 24.3 Å². The standard InChI is InChI=1S/C30H36BrN3O4S/c1-22-15-17-24(18-16-22)20-33(27(29(36)32-30(2,3)4)19-23-11-7-6-8-12-23)28(35)21-34(39(5,37)38)26-14-10-9-13-25(26)31/h6-18,27H,19-21H2,1-5H3,(H,32,36)/t27-/m1/s1. The molecule has 1 N–H and O–H groups in total. The Morgan fingerprint density at radius 1 is 0.897 bits per heavy atom. The first kappa shape index (κ1) is 30.4. The Morgan fingerprint density at radius 2 is 1.49 bits per heavy atom. The summed E-state index contributed by atoms with van der Waals surface area (Å²) in [5.74, 6) is -0.791. The molecule has 0 aliphatic heterocycles. The number of benzene rings is 3. The van der Waals surface area contributed by atoms with Crippen molar-refractivity contribution in [1.29, 1.82) is 0 Å². The fraction of sp³-hybridized carbons (Fsp3) is 0.333. The smallest absolute Gasteiger partial charge is 0.244 e. The van der Waals surface area contributed by atoms with Crippen molar-refractivity contribution in [3.8, 4) is 0 Å². The lowest BCUT2D eigenvalue weighted by atomic mass is 10.0. The van der Waals surface area contributed by atoms with Crippen LogP contribution in [0.1, 0.15) is 37.5 Å². The highest BCUT2D eigenvalue weighted by Crippen LogP contribution is 2.28. The van der Waals surface area contributed by atoms with E-state index in [4.69, 9.17) is 0 Å². The zero-order chi connectivity index (χ0) is 28.8. The van der Waals surface area contributed by atoms with Crippen LogP contribution in [0.4, 0.5) is 5.69 Å². The average molecular weight is 615 g/mol. The van der Waals surface area contributed by atoms with Gasteiger partial charge in [-0.1, -0.05) is 72.3 Å². The van der Waals surface area contributed by atoms with Gasteiger partial charge < -0.3 is 10.2 Å². The summed E-state index contributed by atoms with van der Waals surface area (Å²) in [6, 6.07) is 23.2. The maximum absolute atomic E-state index is 14.1. The lowest BCUT2D eigenvalue weighted by molar-refractivity contribution is -0.140. The van der Waals surface area contributed by atoms with Gasteiger partial charge in [-0.05, 0) is 66.9 Å². The fourth-order valence-electron chi connectivity index (χ4n) is 4.15. The number of nitrogens with zero attached hydrogens (tertiary/aromatic N) is 2. The van der Waals surface area contributed by atoms with Gasteiger partial charge in [0.05, 0.1) is 11.9 Å². The SMILES string of the molecule is Cc1ccc(CN(C(=O)CN(c2ccccc2Br)S(C)(=O)=O)[C@H](Cc2ccccc2)C(=O)NC(C)(C)C)cc1. The van der Waals surface area contributed by atoms with Crippen LogP contribution in [0.25, 0.3) is 0 Å². The number of carbonyl (C=O) groups excluding carboxylic acids is 2. The Balaban J connectivity index is 2.08. The lowest BCUT2D eigenvalue weighted by Crippen LogP contribution is -2.56. The third-order valence-corrected chi connectivity index (χ3v) is 7.84. The molecule has 0 saturated carbocycles. The minimum atomic E-state index is -3.83. The molecule has 0 spiro atoms. The van der Waals surface area contributed by atoms with Crippen molar-refractivity contribution in [2.24, 2.45) is 0 Å². The molecule has 0 aromatic heterocycles. The van der Waals surface area contributed by atoms with Gasteiger partial charge in [-0.15, -0.1) is 0 Å². The Kier molecular flexibility index (Phi) is 9.96. The molecule has 3 rings (SSSR count). The van der Waals surface area contributed by atoms with Gasteiger partial charge in [0.25, 0.3) is 0 Å². The van der Waals surface area contributed by atoms with Crippen LogP contribution in [0.2, 0.25) is 0 Å². The van der Waals surface area contributed by atoms with Crippen LogP contribution >= 0.6 is 15.9 Å². The average Bonchev–Trinajstić information content (AvgIpc) is 2.85. The van der Waals surface area contributed by atoms with E-state index in [-0.39, 0.29) is 18.9 Å². The molecule has 0 fully saturated rings. The van der Waals surface area contributed by atoms with Crippen molar-refractivity contribution in [3.05, 3.63) is 100 Å². The van der Waals surface area contributed by atoms with Gasteiger partial charge in [-0.3, -0.25) is 13.9 Å². The first-order chi connectivity index (χ1) is 18.2. The van der Waals surface area contributed by atoms with Gasteiger partial charge in [0.2, 0.25) is 21.8 Å². The number of anilines is 1. The van der Waals surface area contributed by atoms with Gasteiger partial charge >= 0.3 is 0 Å². The molecule has 39 heavy (non-hydrogen) atoms. The number of amides is 2. The van der Waals surface area contributed by atoms with E-state index >= 15 is 0 Å². The summed E-state index contributed by atoms with van der Waals surface area (Å²) in [4.78, 5) is 29.3. The van der Waals surface area contributed by atoms with Crippen LogP contribution in [0.3, 0.4) is 0 Å². The molecule has 208 valence electrons. The number of nitrogens with one attached hydrogen (secondary N) is 1. The van der Waals surface area contributed by atoms with Gasteiger partial charge in [-0.2, -0.15) is 0 Å². The van der Waals surface area contributed by atoms with Crippen molar-refractivity contribution in [1.82, 2.24) is 10.2 Å². The second kappa shape index (κ2) is 12.8. The summed E-state index contributed by atoms with van der Waals surface area (Å²) in [5, 5.41) is 3.02. The molecule has 0 saturated heterocycles. The van der Waals surface area contributed by atoms with Crippen LogP contribution in [0.5, 0.6) is 0 Å². The Morgan fingerprint density at radius 3 is 2.05 bits per heavy atom. The molecule has 0 unspecified atom stereocenters. The number of sulfonamides is 1. The number of aryl methyl sites for hydroxylation is 1. The zero-order valence-electron chi connectivity index (χ0n) is 23.0. The van der Waals surface area contributed by atoms with Crippen molar-refractivity contribution in [2.45, 2.75) is 52.2 Å². The number of carbonyl (C=O) groups is 2. The summed E-state index contributed by atoms with van der Waals surface area (Å²) >= 11 is 3.41. The van der Waals surface area contributed by atoms with Gasteiger partial charge in [0, 0.05) is 23.0 Å². The molecule has 0 radical (unpaired) electrons.